The first-order valence-corrected chi connectivity index (χ1v) is 5.61. The molecule has 1 heterocycles. The average molecular weight is 272 g/mol. The maximum Gasteiger partial charge on any atom is 0.338 e. The molecule has 5 nitrogen and oxygen atoms in total. The highest BCUT2D eigenvalue weighted by Crippen LogP contribution is 2.18. The SMILES string of the molecule is N#Cc1cc(COc2ccc(C(=O)O)c(F)c2)ccn1. The summed E-state index contributed by atoms with van der Waals surface area (Å²) in [5.74, 6) is -1.98. The third-order valence-corrected chi connectivity index (χ3v) is 2.52. The molecule has 0 aliphatic heterocycles. The number of carboxylic acid groups (broad SMARTS) is 1. The van der Waals surface area contributed by atoms with Gasteiger partial charge in [-0.25, -0.2) is 14.2 Å². The van der Waals surface area contributed by atoms with Crippen molar-refractivity contribution in [3.63, 3.8) is 0 Å². The number of pyridine rings is 1. The molecule has 0 saturated heterocycles. The van der Waals surface area contributed by atoms with E-state index in [1.54, 1.807) is 12.1 Å². The van der Waals surface area contributed by atoms with Gasteiger partial charge in [0.05, 0.1) is 5.56 Å². The second kappa shape index (κ2) is 5.80. The largest absolute Gasteiger partial charge is 0.489 e. The number of halogens is 1. The summed E-state index contributed by atoms with van der Waals surface area (Å²) in [6.07, 6.45) is 1.48. The lowest BCUT2D eigenvalue weighted by Crippen LogP contribution is -2.02. The zero-order valence-corrected chi connectivity index (χ0v) is 10.2. The number of nitrogens with zero attached hydrogens (tertiary/aromatic N) is 2. The molecule has 0 aliphatic carbocycles. The molecule has 1 N–H and O–H groups in total. The minimum Gasteiger partial charge on any atom is -0.489 e. The first kappa shape index (κ1) is 13.5. The third-order valence-electron chi connectivity index (χ3n) is 2.52. The summed E-state index contributed by atoms with van der Waals surface area (Å²) in [7, 11) is 0. The molecule has 2 aromatic rings. The molecule has 0 atom stereocenters. The average Bonchev–Trinajstić information content (AvgIpc) is 2.45. The third kappa shape index (κ3) is 3.09. The molecule has 1 aromatic carbocycles. The normalized spacial score (nSPS) is 9.80. The van der Waals surface area contributed by atoms with Crippen LogP contribution in [0.5, 0.6) is 5.75 Å². The number of benzene rings is 1. The van der Waals surface area contributed by atoms with Crippen molar-refractivity contribution in [2.45, 2.75) is 6.61 Å². The van der Waals surface area contributed by atoms with Crippen molar-refractivity contribution >= 4 is 5.97 Å². The molecule has 6 heteroatoms. The van der Waals surface area contributed by atoms with E-state index in [2.05, 4.69) is 4.98 Å². The number of nitriles is 1. The zero-order valence-electron chi connectivity index (χ0n) is 10.2. The highest BCUT2D eigenvalue weighted by atomic mass is 19.1. The fourth-order valence-electron chi connectivity index (χ4n) is 1.55. The lowest BCUT2D eigenvalue weighted by Gasteiger charge is -2.07. The summed E-state index contributed by atoms with van der Waals surface area (Å²) in [5.41, 5.74) is 0.561. The highest BCUT2D eigenvalue weighted by molar-refractivity contribution is 5.88. The van der Waals surface area contributed by atoms with E-state index in [4.69, 9.17) is 15.1 Å². The van der Waals surface area contributed by atoms with Crippen LogP contribution in [0.1, 0.15) is 21.6 Å². The minimum atomic E-state index is -1.33. The van der Waals surface area contributed by atoms with Gasteiger partial charge in [0.1, 0.15) is 29.9 Å². The van der Waals surface area contributed by atoms with Gasteiger partial charge in [0, 0.05) is 12.3 Å². The van der Waals surface area contributed by atoms with Crippen LogP contribution in [-0.4, -0.2) is 16.1 Å². The van der Waals surface area contributed by atoms with Gasteiger partial charge in [-0.3, -0.25) is 0 Å². The number of hydrogen-bond acceptors (Lipinski definition) is 4. The predicted octanol–water partition coefficient (Wildman–Crippen LogP) is 2.37. The summed E-state index contributed by atoms with van der Waals surface area (Å²) in [5, 5.41) is 17.4. The Hall–Kier alpha value is -2.94. The van der Waals surface area contributed by atoms with E-state index < -0.39 is 17.3 Å². The maximum atomic E-state index is 13.4. The van der Waals surface area contributed by atoms with E-state index in [9.17, 15) is 9.18 Å². The van der Waals surface area contributed by atoms with Gasteiger partial charge in [0.2, 0.25) is 0 Å². The number of ether oxygens (including phenoxy) is 1. The molecule has 0 bridgehead atoms. The van der Waals surface area contributed by atoms with Crippen LogP contribution in [0.15, 0.2) is 36.5 Å². The Labute approximate surface area is 113 Å². The van der Waals surface area contributed by atoms with Crippen molar-refractivity contribution in [1.29, 1.82) is 5.26 Å². The Balaban J connectivity index is 2.09. The Morgan fingerprint density at radius 2 is 2.20 bits per heavy atom. The first-order chi connectivity index (χ1) is 9.60. The van der Waals surface area contributed by atoms with Crippen molar-refractivity contribution in [3.8, 4) is 11.8 Å². The standard InChI is InChI=1S/C14H9FN2O3/c15-13-6-11(1-2-12(13)14(18)19)20-8-9-3-4-17-10(5-9)7-16/h1-6H,8H2,(H,18,19). The van der Waals surface area contributed by atoms with E-state index in [1.807, 2.05) is 6.07 Å². The van der Waals surface area contributed by atoms with Crippen molar-refractivity contribution < 1.29 is 19.0 Å². The van der Waals surface area contributed by atoms with Gasteiger partial charge in [-0.15, -0.1) is 0 Å². The van der Waals surface area contributed by atoms with Crippen LogP contribution in [0.25, 0.3) is 0 Å². The zero-order chi connectivity index (χ0) is 14.5. The molecule has 0 fully saturated rings. The molecule has 2 rings (SSSR count). The lowest BCUT2D eigenvalue weighted by atomic mass is 10.2. The smallest absolute Gasteiger partial charge is 0.338 e. The Morgan fingerprint density at radius 3 is 2.85 bits per heavy atom. The van der Waals surface area contributed by atoms with E-state index in [1.165, 1.54) is 12.3 Å². The summed E-state index contributed by atoms with van der Waals surface area (Å²) < 4.78 is 18.8. The second-order valence-electron chi connectivity index (χ2n) is 3.90. The van der Waals surface area contributed by atoms with Gasteiger partial charge >= 0.3 is 5.97 Å². The van der Waals surface area contributed by atoms with Gasteiger partial charge in [-0.05, 0) is 29.8 Å². The van der Waals surface area contributed by atoms with Crippen LogP contribution >= 0.6 is 0 Å². The number of aromatic nitrogens is 1. The van der Waals surface area contributed by atoms with Crippen LogP contribution in [-0.2, 0) is 6.61 Å². The predicted molar refractivity (Wildman–Crippen MR) is 66.6 cm³/mol. The monoisotopic (exact) mass is 272 g/mol. The van der Waals surface area contributed by atoms with Crippen molar-refractivity contribution in [2.24, 2.45) is 0 Å². The van der Waals surface area contributed by atoms with Crippen LogP contribution < -0.4 is 4.74 Å². The van der Waals surface area contributed by atoms with Crippen LogP contribution in [0.3, 0.4) is 0 Å². The highest BCUT2D eigenvalue weighted by Gasteiger charge is 2.10. The maximum absolute atomic E-state index is 13.4. The number of rotatable bonds is 4. The van der Waals surface area contributed by atoms with Crippen LogP contribution in [0.2, 0.25) is 0 Å². The quantitative estimate of drug-likeness (QED) is 0.923. The van der Waals surface area contributed by atoms with Crippen molar-refractivity contribution in [3.05, 3.63) is 59.2 Å². The molecule has 100 valence electrons. The molecule has 0 amide bonds. The Morgan fingerprint density at radius 1 is 1.40 bits per heavy atom. The molecule has 0 spiro atoms. The summed E-state index contributed by atoms with van der Waals surface area (Å²) in [6, 6.07) is 8.65. The van der Waals surface area contributed by atoms with E-state index in [0.29, 0.717) is 5.56 Å². The number of carbonyl (C=O) groups is 1. The van der Waals surface area contributed by atoms with Crippen molar-refractivity contribution in [2.75, 3.05) is 0 Å². The molecule has 1 aromatic heterocycles. The molecule has 0 unspecified atom stereocenters. The van der Waals surface area contributed by atoms with E-state index in [-0.39, 0.29) is 18.1 Å². The Bertz CT molecular complexity index is 695. The molecular weight excluding hydrogens is 263 g/mol. The van der Waals surface area contributed by atoms with Gasteiger partial charge in [-0.1, -0.05) is 0 Å². The lowest BCUT2D eigenvalue weighted by molar-refractivity contribution is 0.0692. The second-order valence-corrected chi connectivity index (χ2v) is 3.90. The number of aromatic carboxylic acids is 1. The molecular formula is C14H9FN2O3. The summed E-state index contributed by atoms with van der Waals surface area (Å²) >= 11 is 0. The number of carboxylic acids is 1. The minimum absolute atomic E-state index is 0.128. The van der Waals surface area contributed by atoms with Gasteiger partial charge in [0.25, 0.3) is 0 Å². The molecule has 0 saturated carbocycles. The molecule has 20 heavy (non-hydrogen) atoms. The fraction of sp³-hybridized carbons (Fsp3) is 0.0714. The topological polar surface area (TPSA) is 83.2 Å². The number of hydrogen-bond donors (Lipinski definition) is 1. The molecule has 0 radical (unpaired) electrons. The van der Waals surface area contributed by atoms with Crippen molar-refractivity contribution in [1.82, 2.24) is 4.98 Å². The summed E-state index contributed by atoms with van der Waals surface area (Å²) in [6.45, 7) is 0.128. The Kier molecular flexibility index (Phi) is 3.91. The fourth-order valence-corrected chi connectivity index (χ4v) is 1.55. The van der Waals surface area contributed by atoms with E-state index in [0.717, 1.165) is 12.1 Å². The summed E-state index contributed by atoms with van der Waals surface area (Å²) in [4.78, 5) is 14.5. The van der Waals surface area contributed by atoms with Crippen LogP contribution in [0, 0.1) is 17.1 Å². The van der Waals surface area contributed by atoms with Gasteiger partial charge in [0.15, 0.2) is 0 Å². The molecule has 0 aliphatic rings. The van der Waals surface area contributed by atoms with Crippen LogP contribution in [0.4, 0.5) is 4.39 Å². The van der Waals surface area contributed by atoms with Gasteiger partial charge in [-0.2, -0.15) is 5.26 Å². The van der Waals surface area contributed by atoms with Gasteiger partial charge < -0.3 is 9.84 Å². The first-order valence-electron chi connectivity index (χ1n) is 5.61. The van der Waals surface area contributed by atoms with E-state index >= 15 is 0 Å².